The van der Waals surface area contributed by atoms with Crippen LogP contribution in [0.15, 0.2) is 0 Å². The zero-order chi connectivity index (χ0) is 9.56. The molecule has 1 unspecified atom stereocenters. The molecular weight excluding hydrogens is 154 g/mol. The third-order valence-corrected chi connectivity index (χ3v) is 1.84. The fourth-order valence-corrected chi connectivity index (χ4v) is 1.18. The van der Waals surface area contributed by atoms with E-state index < -0.39 is 5.97 Å². The first-order valence-corrected chi connectivity index (χ1v) is 4.45. The lowest BCUT2D eigenvalue weighted by Crippen LogP contribution is -2.27. The van der Waals surface area contributed by atoms with E-state index in [-0.39, 0.29) is 5.92 Å². The van der Waals surface area contributed by atoms with Crippen molar-refractivity contribution in [1.29, 1.82) is 0 Å². The molecule has 0 aromatic carbocycles. The van der Waals surface area contributed by atoms with Crippen molar-refractivity contribution in [2.45, 2.75) is 26.2 Å². The summed E-state index contributed by atoms with van der Waals surface area (Å²) in [7, 11) is 3.81. The van der Waals surface area contributed by atoms with Gasteiger partial charge in [0, 0.05) is 6.54 Å². The number of nitrogens with zero attached hydrogens (tertiary/aromatic N) is 1. The summed E-state index contributed by atoms with van der Waals surface area (Å²) < 4.78 is 0. The van der Waals surface area contributed by atoms with Crippen LogP contribution in [0.1, 0.15) is 26.2 Å². The summed E-state index contributed by atoms with van der Waals surface area (Å²) in [4.78, 5) is 12.6. The topological polar surface area (TPSA) is 40.5 Å². The second-order valence-corrected chi connectivity index (χ2v) is 3.44. The van der Waals surface area contributed by atoms with Crippen molar-refractivity contribution >= 4 is 5.97 Å². The van der Waals surface area contributed by atoms with Crippen LogP contribution in [0.25, 0.3) is 0 Å². The van der Waals surface area contributed by atoms with Gasteiger partial charge in [-0.15, -0.1) is 0 Å². The number of carbonyl (C=O) groups is 1. The maximum atomic E-state index is 10.7. The molecule has 72 valence electrons. The lowest BCUT2D eigenvalue weighted by molar-refractivity contribution is -0.142. The molecule has 0 aliphatic carbocycles. The molecule has 0 radical (unpaired) electrons. The Balaban J connectivity index is 3.78. The van der Waals surface area contributed by atoms with Crippen LogP contribution in [0.2, 0.25) is 0 Å². The molecule has 0 saturated heterocycles. The minimum absolute atomic E-state index is 0.194. The quantitative estimate of drug-likeness (QED) is 0.660. The summed E-state index contributed by atoms with van der Waals surface area (Å²) in [6.07, 6.45) is 2.87. The molecule has 0 bridgehead atoms. The molecule has 3 heteroatoms. The van der Waals surface area contributed by atoms with E-state index in [0.29, 0.717) is 6.54 Å². The summed E-state index contributed by atoms with van der Waals surface area (Å²) in [5, 5.41) is 8.82. The molecule has 0 spiro atoms. The van der Waals surface area contributed by atoms with E-state index >= 15 is 0 Å². The highest BCUT2D eigenvalue weighted by atomic mass is 16.4. The van der Waals surface area contributed by atoms with E-state index in [9.17, 15) is 4.79 Å². The number of hydrogen-bond acceptors (Lipinski definition) is 2. The summed E-state index contributed by atoms with van der Waals surface area (Å²) in [5.41, 5.74) is 0. The predicted octanol–water partition coefficient (Wildman–Crippen LogP) is 1.44. The third kappa shape index (κ3) is 5.13. The molecule has 0 amide bonds. The fourth-order valence-electron chi connectivity index (χ4n) is 1.18. The number of rotatable bonds is 6. The van der Waals surface area contributed by atoms with E-state index in [0.717, 1.165) is 19.3 Å². The van der Waals surface area contributed by atoms with Gasteiger partial charge in [0.1, 0.15) is 0 Å². The molecule has 0 saturated carbocycles. The smallest absolute Gasteiger partial charge is 0.307 e. The molecule has 0 aromatic heterocycles. The Morgan fingerprint density at radius 1 is 1.50 bits per heavy atom. The van der Waals surface area contributed by atoms with Crippen molar-refractivity contribution in [2.75, 3.05) is 20.6 Å². The summed E-state index contributed by atoms with van der Waals surface area (Å²) in [6, 6.07) is 0. The Bertz CT molecular complexity index is 134. The van der Waals surface area contributed by atoms with Crippen LogP contribution < -0.4 is 0 Å². The number of aliphatic carboxylic acids is 1. The molecule has 1 N–H and O–H groups in total. The lowest BCUT2D eigenvalue weighted by Gasteiger charge is -2.16. The molecule has 0 aliphatic heterocycles. The number of carboxylic acid groups (broad SMARTS) is 1. The molecule has 0 rings (SSSR count). The highest BCUT2D eigenvalue weighted by molar-refractivity contribution is 5.70. The number of carboxylic acids is 1. The largest absolute Gasteiger partial charge is 0.481 e. The highest BCUT2D eigenvalue weighted by Gasteiger charge is 2.16. The van der Waals surface area contributed by atoms with E-state index in [1.54, 1.807) is 0 Å². The van der Waals surface area contributed by atoms with E-state index in [1.165, 1.54) is 0 Å². The first-order valence-electron chi connectivity index (χ1n) is 4.45. The van der Waals surface area contributed by atoms with Crippen LogP contribution in [-0.4, -0.2) is 36.6 Å². The van der Waals surface area contributed by atoms with Crippen molar-refractivity contribution in [1.82, 2.24) is 4.90 Å². The zero-order valence-corrected chi connectivity index (χ0v) is 8.21. The summed E-state index contributed by atoms with van der Waals surface area (Å²) in [6.45, 7) is 2.73. The van der Waals surface area contributed by atoms with E-state index in [2.05, 4.69) is 6.92 Å². The third-order valence-electron chi connectivity index (χ3n) is 1.84. The highest BCUT2D eigenvalue weighted by Crippen LogP contribution is 2.09. The Morgan fingerprint density at radius 2 is 2.08 bits per heavy atom. The number of unbranched alkanes of at least 4 members (excludes halogenated alkanes) is 1. The second-order valence-electron chi connectivity index (χ2n) is 3.44. The lowest BCUT2D eigenvalue weighted by atomic mass is 10.0. The van der Waals surface area contributed by atoms with Gasteiger partial charge in [0.25, 0.3) is 0 Å². The van der Waals surface area contributed by atoms with Gasteiger partial charge in [0.05, 0.1) is 5.92 Å². The molecular formula is C9H19NO2. The van der Waals surface area contributed by atoms with Crippen LogP contribution in [0.5, 0.6) is 0 Å². The van der Waals surface area contributed by atoms with Crippen molar-refractivity contribution in [2.24, 2.45) is 5.92 Å². The van der Waals surface area contributed by atoms with Crippen LogP contribution in [0.4, 0.5) is 0 Å². The molecule has 0 aromatic rings. The van der Waals surface area contributed by atoms with Crippen LogP contribution >= 0.6 is 0 Å². The van der Waals surface area contributed by atoms with Crippen molar-refractivity contribution in [3.8, 4) is 0 Å². The standard InChI is InChI=1S/C9H19NO2/c1-4-5-6-8(9(11)12)7-10(2)3/h8H,4-7H2,1-3H3,(H,11,12). The van der Waals surface area contributed by atoms with Crippen LogP contribution in [0.3, 0.4) is 0 Å². The minimum Gasteiger partial charge on any atom is -0.481 e. The van der Waals surface area contributed by atoms with Crippen molar-refractivity contribution in [3.05, 3.63) is 0 Å². The maximum absolute atomic E-state index is 10.7. The average Bonchev–Trinajstić information content (AvgIpc) is 1.96. The first kappa shape index (κ1) is 11.4. The fraction of sp³-hybridized carbons (Fsp3) is 0.889. The second kappa shape index (κ2) is 6.00. The Morgan fingerprint density at radius 3 is 2.42 bits per heavy atom. The van der Waals surface area contributed by atoms with Gasteiger partial charge < -0.3 is 10.0 Å². The van der Waals surface area contributed by atoms with Gasteiger partial charge >= 0.3 is 5.97 Å². The molecule has 12 heavy (non-hydrogen) atoms. The van der Waals surface area contributed by atoms with Gasteiger partial charge in [-0.05, 0) is 20.5 Å². The van der Waals surface area contributed by atoms with Crippen LogP contribution in [0, 0.1) is 5.92 Å². The summed E-state index contributed by atoms with van der Waals surface area (Å²) >= 11 is 0. The first-order chi connectivity index (χ1) is 5.57. The Labute approximate surface area is 74.4 Å². The number of hydrogen-bond donors (Lipinski definition) is 1. The zero-order valence-electron chi connectivity index (χ0n) is 8.21. The minimum atomic E-state index is -0.669. The van der Waals surface area contributed by atoms with E-state index in [1.807, 2.05) is 19.0 Å². The van der Waals surface area contributed by atoms with Gasteiger partial charge in [-0.1, -0.05) is 19.8 Å². The molecule has 1 atom stereocenters. The molecule has 0 heterocycles. The molecule has 3 nitrogen and oxygen atoms in total. The van der Waals surface area contributed by atoms with Gasteiger partial charge in [-0.25, -0.2) is 0 Å². The van der Waals surface area contributed by atoms with Crippen molar-refractivity contribution in [3.63, 3.8) is 0 Å². The van der Waals surface area contributed by atoms with Gasteiger partial charge in [0.2, 0.25) is 0 Å². The van der Waals surface area contributed by atoms with Gasteiger partial charge in [0.15, 0.2) is 0 Å². The van der Waals surface area contributed by atoms with Crippen molar-refractivity contribution < 1.29 is 9.90 Å². The maximum Gasteiger partial charge on any atom is 0.307 e. The monoisotopic (exact) mass is 173 g/mol. The van der Waals surface area contributed by atoms with E-state index in [4.69, 9.17) is 5.11 Å². The molecule has 0 fully saturated rings. The SMILES string of the molecule is CCCCC(CN(C)C)C(=O)O. The Kier molecular flexibility index (Phi) is 5.72. The molecule has 0 aliphatic rings. The normalized spacial score (nSPS) is 13.3. The predicted molar refractivity (Wildman–Crippen MR) is 49.2 cm³/mol. The average molecular weight is 173 g/mol. The van der Waals surface area contributed by atoms with Gasteiger partial charge in [-0.3, -0.25) is 4.79 Å². The van der Waals surface area contributed by atoms with Gasteiger partial charge in [-0.2, -0.15) is 0 Å². The Hall–Kier alpha value is -0.570. The summed E-state index contributed by atoms with van der Waals surface area (Å²) in [5.74, 6) is -0.864. The van der Waals surface area contributed by atoms with Crippen LogP contribution in [-0.2, 0) is 4.79 Å².